The highest BCUT2D eigenvalue weighted by atomic mass is 32.1. The van der Waals surface area contributed by atoms with Gasteiger partial charge in [-0.05, 0) is 67.2 Å². The molecule has 0 aliphatic carbocycles. The number of carbonyl (C=O) groups is 2. The summed E-state index contributed by atoms with van der Waals surface area (Å²) in [7, 11) is 4.03. The van der Waals surface area contributed by atoms with Gasteiger partial charge in [0.25, 0.3) is 5.91 Å². The van der Waals surface area contributed by atoms with E-state index in [1.165, 1.54) is 16.9 Å². The van der Waals surface area contributed by atoms with E-state index in [-0.39, 0.29) is 23.9 Å². The molecule has 0 saturated carbocycles. The smallest absolute Gasteiger partial charge is 0.264 e. The number of rotatable bonds is 6. The molecule has 1 aliphatic rings. The number of thiophene rings is 2. The Bertz CT molecular complexity index is 713. The van der Waals surface area contributed by atoms with Crippen molar-refractivity contribution in [2.45, 2.75) is 31.3 Å². The van der Waals surface area contributed by atoms with Gasteiger partial charge in [0.05, 0.1) is 10.9 Å². The Morgan fingerprint density at radius 2 is 2.15 bits per heavy atom. The van der Waals surface area contributed by atoms with Gasteiger partial charge in [0.15, 0.2) is 0 Å². The second kappa shape index (κ2) is 8.79. The molecule has 3 heterocycles. The number of amides is 2. The van der Waals surface area contributed by atoms with Gasteiger partial charge >= 0.3 is 0 Å². The summed E-state index contributed by atoms with van der Waals surface area (Å²) in [6, 6.07) is 5.56. The molecule has 2 amide bonds. The normalized spacial score (nSPS) is 18.7. The van der Waals surface area contributed by atoms with E-state index in [1.807, 2.05) is 31.6 Å². The van der Waals surface area contributed by atoms with Crippen LogP contribution >= 0.6 is 22.7 Å². The molecule has 0 unspecified atom stereocenters. The van der Waals surface area contributed by atoms with Crippen LogP contribution in [-0.4, -0.2) is 54.8 Å². The topological polar surface area (TPSA) is 52.7 Å². The minimum absolute atomic E-state index is 0.0261. The summed E-state index contributed by atoms with van der Waals surface area (Å²) in [6.45, 7) is 1.19. The van der Waals surface area contributed by atoms with Gasteiger partial charge in [0.1, 0.15) is 6.04 Å². The van der Waals surface area contributed by atoms with Crippen LogP contribution in [0, 0.1) is 0 Å². The van der Waals surface area contributed by atoms with Crippen LogP contribution in [0.25, 0.3) is 0 Å². The number of hydrogen-bond acceptors (Lipinski definition) is 5. The van der Waals surface area contributed by atoms with Crippen LogP contribution < -0.4 is 5.32 Å². The Labute approximate surface area is 162 Å². The Balaban J connectivity index is 1.66. The molecule has 2 aromatic heterocycles. The molecule has 1 N–H and O–H groups in total. The maximum Gasteiger partial charge on any atom is 0.264 e. The quantitative estimate of drug-likeness (QED) is 0.823. The minimum atomic E-state index is -0.372. The predicted octanol–water partition coefficient (Wildman–Crippen LogP) is 3.22. The molecule has 1 aliphatic heterocycles. The Hall–Kier alpha value is -1.70. The average molecular weight is 392 g/mol. The molecule has 0 radical (unpaired) electrons. The molecule has 5 nitrogen and oxygen atoms in total. The third-order valence-electron chi connectivity index (χ3n) is 4.82. The van der Waals surface area contributed by atoms with Crippen molar-refractivity contribution in [1.29, 1.82) is 0 Å². The molecule has 0 aromatic carbocycles. The molecule has 7 heteroatoms. The third kappa shape index (κ3) is 4.34. The lowest BCUT2D eigenvalue weighted by Gasteiger charge is -2.35. The van der Waals surface area contributed by atoms with E-state index in [1.54, 1.807) is 16.2 Å². The molecule has 1 saturated heterocycles. The van der Waals surface area contributed by atoms with Crippen molar-refractivity contribution in [3.63, 3.8) is 0 Å². The highest BCUT2D eigenvalue weighted by Gasteiger charge is 2.33. The van der Waals surface area contributed by atoms with Crippen LogP contribution in [0.4, 0.5) is 0 Å². The summed E-state index contributed by atoms with van der Waals surface area (Å²) in [4.78, 5) is 30.2. The summed E-state index contributed by atoms with van der Waals surface area (Å²) in [6.07, 6.45) is 2.66. The van der Waals surface area contributed by atoms with Crippen LogP contribution in [0.2, 0.25) is 0 Å². The molecule has 26 heavy (non-hydrogen) atoms. The average Bonchev–Trinajstić information content (AvgIpc) is 3.35. The minimum Gasteiger partial charge on any atom is -0.352 e. The lowest BCUT2D eigenvalue weighted by atomic mass is 10.0. The van der Waals surface area contributed by atoms with Gasteiger partial charge in [-0.3, -0.25) is 9.59 Å². The van der Waals surface area contributed by atoms with Crippen molar-refractivity contribution in [1.82, 2.24) is 15.1 Å². The highest BCUT2D eigenvalue weighted by molar-refractivity contribution is 7.12. The molecular formula is C19H25N3O2S2. The van der Waals surface area contributed by atoms with Gasteiger partial charge in [0.2, 0.25) is 5.91 Å². The van der Waals surface area contributed by atoms with Gasteiger partial charge in [0, 0.05) is 13.1 Å². The molecule has 2 aromatic rings. The number of carbonyl (C=O) groups excluding carboxylic acids is 2. The maximum atomic E-state index is 12.9. The lowest BCUT2D eigenvalue weighted by molar-refractivity contribution is -0.126. The second-order valence-corrected chi connectivity index (χ2v) is 8.50. The van der Waals surface area contributed by atoms with Crippen LogP contribution in [0.15, 0.2) is 34.3 Å². The van der Waals surface area contributed by atoms with Crippen LogP contribution in [0.5, 0.6) is 0 Å². The van der Waals surface area contributed by atoms with Crippen molar-refractivity contribution in [3.8, 4) is 0 Å². The monoisotopic (exact) mass is 391 g/mol. The number of nitrogens with one attached hydrogen (secondary N) is 1. The summed E-state index contributed by atoms with van der Waals surface area (Å²) < 4.78 is 0. The van der Waals surface area contributed by atoms with E-state index in [0.717, 1.165) is 19.3 Å². The molecule has 2 atom stereocenters. The number of likely N-dealkylation sites (N-methyl/N-ethyl adjacent to an activating group) is 1. The van der Waals surface area contributed by atoms with Gasteiger partial charge in [-0.1, -0.05) is 6.07 Å². The first-order valence-electron chi connectivity index (χ1n) is 8.88. The Morgan fingerprint density at radius 1 is 1.31 bits per heavy atom. The fourth-order valence-electron chi connectivity index (χ4n) is 3.37. The lowest BCUT2D eigenvalue weighted by Crippen LogP contribution is -2.52. The van der Waals surface area contributed by atoms with E-state index < -0.39 is 0 Å². The molecule has 1 fully saturated rings. The zero-order chi connectivity index (χ0) is 18.5. The number of piperidine rings is 1. The standard InChI is InChI=1S/C19H25N3O2S2/c1-21(2)16(14-8-11-25-13-14)12-20-18(23)15-6-3-4-9-22(15)19(24)17-7-5-10-26-17/h5,7-8,10-11,13,15-16H,3-4,6,9,12H2,1-2H3,(H,20,23)/t15-,16+/m1/s1. The molecule has 0 spiro atoms. The summed E-state index contributed by atoms with van der Waals surface area (Å²) in [5, 5.41) is 9.15. The second-order valence-electron chi connectivity index (χ2n) is 6.77. The maximum absolute atomic E-state index is 12.9. The fraction of sp³-hybridized carbons (Fsp3) is 0.474. The zero-order valence-electron chi connectivity index (χ0n) is 15.2. The van der Waals surface area contributed by atoms with E-state index >= 15 is 0 Å². The molecule has 3 rings (SSSR count). The van der Waals surface area contributed by atoms with E-state index in [4.69, 9.17) is 0 Å². The van der Waals surface area contributed by atoms with Gasteiger partial charge in [-0.25, -0.2) is 0 Å². The SMILES string of the molecule is CN(C)[C@@H](CNC(=O)[C@H]1CCCCN1C(=O)c1cccs1)c1ccsc1. The van der Waals surface area contributed by atoms with Crippen molar-refractivity contribution in [2.75, 3.05) is 27.2 Å². The Kier molecular flexibility index (Phi) is 6.45. The summed E-state index contributed by atoms with van der Waals surface area (Å²) in [5.41, 5.74) is 1.20. The number of hydrogen-bond donors (Lipinski definition) is 1. The zero-order valence-corrected chi connectivity index (χ0v) is 16.8. The summed E-state index contributed by atoms with van der Waals surface area (Å²) >= 11 is 3.09. The van der Waals surface area contributed by atoms with E-state index in [0.29, 0.717) is 18.0 Å². The molecule has 0 bridgehead atoms. The predicted molar refractivity (Wildman–Crippen MR) is 107 cm³/mol. The van der Waals surface area contributed by atoms with Crippen LogP contribution in [0.3, 0.4) is 0 Å². The number of likely N-dealkylation sites (tertiary alicyclic amines) is 1. The number of nitrogens with zero attached hydrogens (tertiary/aromatic N) is 2. The van der Waals surface area contributed by atoms with E-state index in [9.17, 15) is 9.59 Å². The van der Waals surface area contributed by atoms with Crippen molar-refractivity contribution >= 4 is 34.5 Å². The fourth-order valence-corrected chi connectivity index (χ4v) is 4.75. The van der Waals surface area contributed by atoms with Crippen molar-refractivity contribution in [3.05, 3.63) is 44.8 Å². The van der Waals surface area contributed by atoms with E-state index in [2.05, 4.69) is 27.0 Å². The highest BCUT2D eigenvalue weighted by Crippen LogP contribution is 2.23. The first kappa shape index (κ1) is 19.1. The van der Waals surface area contributed by atoms with Gasteiger partial charge in [-0.2, -0.15) is 11.3 Å². The molecular weight excluding hydrogens is 366 g/mol. The van der Waals surface area contributed by atoms with Crippen LogP contribution in [-0.2, 0) is 4.79 Å². The van der Waals surface area contributed by atoms with Gasteiger partial charge in [-0.15, -0.1) is 11.3 Å². The van der Waals surface area contributed by atoms with Gasteiger partial charge < -0.3 is 15.1 Å². The van der Waals surface area contributed by atoms with Crippen molar-refractivity contribution < 1.29 is 9.59 Å². The largest absolute Gasteiger partial charge is 0.352 e. The molecule has 140 valence electrons. The van der Waals surface area contributed by atoms with Crippen LogP contribution in [0.1, 0.15) is 40.5 Å². The first-order chi connectivity index (χ1) is 12.6. The Morgan fingerprint density at radius 3 is 2.81 bits per heavy atom. The summed E-state index contributed by atoms with van der Waals surface area (Å²) in [5.74, 6) is -0.0708. The van der Waals surface area contributed by atoms with Crippen molar-refractivity contribution in [2.24, 2.45) is 0 Å². The first-order valence-corrected chi connectivity index (χ1v) is 10.7. The third-order valence-corrected chi connectivity index (χ3v) is 6.38.